The van der Waals surface area contributed by atoms with E-state index in [0.717, 1.165) is 5.56 Å². The Bertz CT molecular complexity index is 353. The van der Waals surface area contributed by atoms with Gasteiger partial charge in [-0.15, -0.1) is 0 Å². The number of likely N-dealkylation sites (N-methyl/N-ethyl adjacent to an activating group) is 1. The molecule has 4 heteroatoms. The summed E-state index contributed by atoms with van der Waals surface area (Å²) in [6, 6.07) is 9.76. The second kappa shape index (κ2) is 6.37. The van der Waals surface area contributed by atoms with Crippen molar-refractivity contribution >= 4 is 5.97 Å². The molecular weight excluding hydrogens is 218 g/mol. The summed E-state index contributed by atoms with van der Waals surface area (Å²) in [5, 5.41) is 3.17. The van der Waals surface area contributed by atoms with Crippen LogP contribution in [0.25, 0.3) is 0 Å². The van der Waals surface area contributed by atoms with Crippen LogP contribution in [0.4, 0.5) is 0 Å². The van der Waals surface area contributed by atoms with Crippen LogP contribution in [0.5, 0.6) is 0 Å². The third kappa shape index (κ3) is 3.28. The SMILES string of the molecule is CNC(COC)(CC(=O)OC)c1ccccc1. The molecule has 0 bridgehead atoms. The lowest BCUT2D eigenvalue weighted by Gasteiger charge is -2.32. The van der Waals surface area contributed by atoms with Gasteiger partial charge >= 0.3 is 5.97 Å². The molecule has 17 heavy (non-hydrogen) atoms. The summed E-state index contributed by atoms with van der Waals surface area (Å²) < 4.78 is 9.97. The Morgan fingerprint density at radius 3 is 2.41 bits per heavy atom. The molecular formula is C13H19NO3. The average Bonchev–Trinajstić information content (AvgIpc) is 2.39. The topological polar surface area (TPSA) is 47.6 Å². The van der Waals surface area contributed by atoms with Gasteiger partial charge in [-0.1, -0.05) is 30.3 Å². The Kier molecular flexibility index (Phi) is 5.12. The highest BCUT2D eigenvalue weighted by Crippen LogP contribution is 2.25. The molecule has 0 aromatic heterocycles. The largest absolute Gasteiger partial charge is 0.469 e. The van der Waals surface area contributed by atoms with E-state index in [1.54, 1.807) is 7.11 Å². The Morgan fingerprint density at radius 2 is 1.94 bits per heavy atom. The zero-order valence-electron chi connectivity index (χ0n) is 10.5. The normalized spacial score (nSPS) is 14.1. The molecule has 0 amide bonds. The maximum atomic E-state index is 11.5. The van der Waals surface area contributed by atoms with Crippen molar-refractivity contribution in [2.45, 2.75) is 12.0 Å². The van der Waals surface area contributed by atoms with Gasteiger partial charge in [0, 0.05) is 7.11 Å². The third-order valence-electron chi connectivity index (χ3n) is 2.87. The van der Waals surface area contributed by atoms with Crippen LogP contribution in [-0.2, 0) is 19.8 Å². The van der Waals surface area contributed by atoms with Gasteiger partial charge in [-0.2, -0.15) is 0 Å². The summed E-state index contributed by atoms with van der Waals surface area (Å²) >= 11 is 0. The molecule has 94 valence electrons. The van der Waals surface area contributed by atoms with Crippen molar-refractivity contribution in [3.8, 4) is 0 Å². The minimum Gasteiger partial charge on any atom is -0.469 e. The highest BCUT2D eigenvalue weighted by molar-refractivity contribution is 5.71. The van der Waals surface area contributed by atoms with Crippen molar-refractivity contribution in [2.75, 3.05) is 27.9 Å². The molecule has 4 nitrogen and oxygen atoms in total. The number of carbonyl (C=O) groups excluding carboxylic acids is 1. The Morgan fingerprint density at radius 1 is 1.29 bits per heavy atom. The van der Waals surface area contributed by atoms with Crippen LogP contribution in [0, 0.1) is 0 Å². The molecule has 0 heterocycles. The summed E-state index contributed by atoms with van der Waals surface area (Å²) in [6.07, 6.45) is 0.234. The van der Waals surface area contributed by atoms with E-state index in [9.17, 15) is 4.79 Å². The molecule has 0 saturated heterocycles. The number of hydrogen-bond donors (Lipinski definition) is 1. The number of benzene rings is 1. The quantitative estimate of drug-likeness (QED) is 0.758. The van der Waals surface area contributed by atoms with Crippen LogP contribution < -0.4 is 5.32 Å². The molecule has 0 aliphatic heterocycles. The van der Waals surface area contributed by atoms with Crippen molar-refractivity contribution in [2.24, 2.45) is 0 Å². The maximum Gasteiger partial charge on any atom is 0.307 e. The van der Waals surface area contributed by atoms with E-state index in [-0.39, 0.29) is 12.4 Å². The average molecular weight is 237 g/mol. The van der Waals surface area contributed by atoms with Gasteiger partial charge in [-0.25, -0.2) is 0 Å². The summed E-state index contributed by atoms with van der Waals surface area (Å²) in [7, 11) is 4.82. The van der Waals surface area contributed by atoms with E-state index in [4.69, 9.17) is 9.47 Å². The van der Waals surface area contributed by atoms with Crippen molar-refractivity contribution in [1.29, 1.82) is 0 Å². The standard InChI is InChI=1S/C13H19NO3/c1-14-13(10-16-2,9-12(15)17-3)11-7-5-4-6-8-11/h4-8,14H,9-10H2,1-3H3. The van der Waals surface area contributed by atoms with E-state index >= 15 is 0 Å². The lowest BCUT2D eigenvalue weighted by Crippen LogP contribution is -2.46. The van der Waals surface area contributed by atoms with Crippen molar-refractivity contribution in [3.05, 3.63) is 35.9 Å². The Labute approximate surface area is 102 Å². The first-order valence-corrected chi connectivity index (χ1v) is 5.48. The van der Waals surface area contributed by atoms with E-state index in [0.29, 0.717) is 6.61 Å². The molecule has 0 aliphatic rings. The summed E-state index contributed by atoms with van der Waals surface area (Å²) in [4.78, 5) is 11.5. The first-order valence-electron chi connectivity index (χ1n) is 5.48. The van der Waals surface area contributed by atoms with Gasteiger partial charge in [0.05, 0.1) is 25.7 Å². The van der Waals surface area contributed by atoms with Gasteiger partial charge in [0.1, 0.15) is 0 Å². The molecule has 1 N–H and O–H groups in total. The van der Waals surface area contributed by atoms with E-state index in [1.807, 2.05) is 37.4 Å². The van der Waals surface area contributed by atoms with E-state index in [2.05, 4.69) is 5.32 Å². The minimum absolute atomic E-state index is 0.234. The first kappa shape index (κ1) is 13.7. The fourth-order valence-electron chi connectivity index (χ4n) is 1.86. The van der Waals surface area contributed by atoms with Gasteiger partial charge in [-0.3, -0.25) is 4.79 Å². The van der Waals surface area contributed by atoms with Gasteiger partial charge < -0.3 is 14.8 Å². The third-order valence-corrected chi connectivity index (χ3v) is 2.87. The van der Waals surface area contributed by atoms with Crippen LogP contribution >= 0.6 is 0 Å². The van der Waals surface area contributed by atoms with E-state index < -0.39 is 5.54 Å². The predicted octanol–water partition coefficient (Wildman–Crippen LogP) is 1.31. The Balaban J connectivity index is 3.04. The van der Waals surface area contributed by atoms with Gasteiger partial charge in [0.25, 0.3) is 0 Å². The van der Waals surface area contributed by atoms with Gasteiger partial charge in [-0.05, 0) is 12.6 Å². The number of nitrogens with one attached hydrogen (secondary N) is 1. The van der Waals surface area contributed by atoms with Crippen molar-refractivity contribution < 1.29 is 14.3 Å². The molecule has 0 saturated carbocycles. The molecule has 1 atom stereocenters. The smallest absolute Gasteiger partial charge is 0.307 e. The van der Waals surface area contributed by atoms with Crippen molar-refractivity contribution in [3.63, 3.8) is 0 Å². The summed E-state index contributed by atoms with van der Waals surface area (Å²) in [5.41, 5.74) is 0.470. The number of hydrogen-bond acceptors (Lipinski definition) is 4. The van der Waals surface area contributed by atoms with E-state index in [1.165, 1.54) is 7.11 Å². The summed E-state index contributed by atoms with van der Waals surface area (Å²) in [6.45, 7) is 0.405. The maximum absolute atomic E-state index is 11.5. The highest BCUT2D eigenvalue weighted by atomic mass is 16.5. The lowest BCUT2D eigenvalue weighted by molar-refractivity contribution is -0.143. The van der Waals surface area contributed by atoms with Crippen LogP contribution in [0.15, 0.2) is 30.3 Å². The fraction of sp³-hybridized carbons (Fsp3) is 0.462. The van der Waals surface area contributed by atoms with Crippen molar-refractivity contribution in [1.82, 2.24) is 5.32 Å². The minimum atomic E-state index is -0.539. The highest BCUT2D eigenvalue weighted by Gasteiger charge is 2.33. The number of esters is 1. The van der Waals surface area contributed by atoms with Gasteiger partial charge in [0.2, 0.25) is 0 Å². The predicted molar refractivity (Wildman–Crippen MR) is 65.7 cm³/mol. The molecule has 0 radical (unpaired) electrons. The monoisotopic (exact) mass is 237 g/mol. The molecule has 1 aromatic rings. The Hall–Kier alpha value is -1.39. The fourth-order valence-corrected chi connectivity index (χ4v) is 1.86. The zero-order valence-corrected chi connectivity index (χ0v) is 10.5. The first-order chi connectivity index (χ1) is 8.18. The zero-order chi connectivity index (χ0) is 12.7. The lowest BCUT2D eigenvalue weighted by atomic mass is 9.87. The number of carbonyl (C=O) groups is 1. The molecule has 1 rings (SSSR count). The molecule has 0 fully saturated rings. The van der Waals surface area contributed by atoms with Crippen LogP contribution in [0.2, 0.25) is 0 Å². The van der Waals surface area contributed by atoms with Crippen LogP contribution in [0.3, 0.4) is 0 Å². The number of ether oxygens (including phenoxy) is 2. The molecule has 1 aromatic carbocycles. The molecule has 0 aliphatic carbocycles. The van der Waals surface area contributed by atoms with Crippen LogP contribution in [-0.4, -0.2) is 33.8 Å². The molecule has 1 unspecified atom stereocenters. The number of rotatable bonds is 6. The molecule has 0 spiro atoms. The number of methoxy groups -OCH3 is 2. The summed E-state index contributed by atoms with van der Waals surface area (Å²) in [5.74, 6) is -0.264. The second-order valence-corrected chi connectivity index (χ2v) is 3.88. The van der Waals surface area contributed by atoms with Gasteiger partial charge in [0.15, 0.2) is 0 Å². The van der Waals surface area contributed by atoms with Crippen LogP contribution in [0.1, 0.15) is 12.0 Å². The second-order valence-electron chi connectivity index (χ2n) is 3.88.